The van der Waals surface area contributed by atoms with Crippen molar-refractivity contribution in [3.8, 4) is 11.8 Å². The topological polar surface area (TPSA) is 54.3 Å². The van der Waals surface area contributed by atoms with Gasteiger partial charge in [0, 0.05) is 25.8 Å². The van der Waals surface area contributed by atoms with Crippen LogP contribution >= 0.6 is 0 Å². The zero-order valence-electron chi connectivity index (χ0n) is 11.7. The zero-order chi connectivity index (χ0) is 13.9. The van der Waals surface area contributed by atoms with Crippen LogP contribution in [-0.2, 0) is 4.74 Å². The van der Waals surface area contributed by atoms with Crippen molar-refractivity contribution in [2.24, 2.45) is 0 Å². The van der Waals surface area contributed by atoms with Crippen molar-refractivity contribution in [1.82, 2.24) is 0 Å². The summed E-state index contributed by atoms with van der Waals surface area (Å²) in [4.78, 5) is 0. The van der Waals surface area contributed by atoms with E-state index in [2.05, 4.69) is 18.3 Å². The van der Waals surface area contributed by atoms with Crippen molar-refractivity contribution < 1.29 is 9.47 Å². The molecule has 0 heterocycles. The van der Waals surface area contributed by atoms with Crippen LogP contribution < -0.4 is 10.1 Å². The molecular weight excluding hydrogens is 240 g/mol. The van der Waals surface area contributed by atoms with Gasteiger partial charge < -0.3 is 14.8 Å². The lowest BCUT2D eigenvalue weighted by atomic mass is 10.2. The number of nitriles is 1. The van der Waals surface area contributed by atoms with Gasteiger partial charge in [0.05, 0.1) is 18.4 Å². The number of nitrogens with zero attached hydrogens (tertiary/aromatic N) is 1. The summed E-state index contributed by atoms with van der Waals surface area (Å²) < 4.78 is 10.6. The van der Waals surface area contributed by atoms with E-state index in [1.165, 1.54) is 0 Å². The first-order valence-electron chi connectivity index (χ1n) is 6.71. The van der Waals surface area contributed by atoms with E-state index < -0.39 is 0 Å². The molecule has 4 nitrogen and oxygen atoms in total. The molecule has 1 rings (SSSR count). The van der Waals surface area contributed by atoms with Gasteiger partial charge in [-0.15, -0.1) is 0 Å². The second-order valence-electron chi connectivity index (χ2n) is 4.27. The average Bonchev–Trinajstić information content (AvgIpc) is 2.46. The third-order valence-corrected chi connectivity index (χ3v) is 2.77. The summed E-state index contributed by atoms with van der Waals surface area (Å²) in [7, 11) is 1.62. The van der Waals surface area contributed by atoms with E-state index in [9.17, 15) is 0 Å². The second kappa shape index (κ2) is 9.23. The molecule has 0 amide bonds. The smallest absolute Gasteiger partial charge is 0.121 e. The Morgan fingerprint density at radius 3 is 2.74 bits per heavy atom. The third kappa shape index (κ3) is 5.62. The highest BCUT2D eigenvalue weighted by atomic mass is 16.5. The lowest BCUT2D eigenvalue weighted by Crippen LogP contribution is -2.07. The van der Waals surface area contributed by atoms with Crippen LogP contribution in [0.25, 0.3) is 0 Å². The van der Waals surface area contributed by atoms with Crippen LogP contribution in [0.3, 0.4) is 0 Å². The van der Waals surface area contributed by atoms with E-state index in [-0.39, 0.29) is 0 Å². The van der Waals surface area contributed by atoms with Gasteiger partial charge in [0.25, 0.3) is 0 Å². The van der Waals surface area contributed by atoms with E-state index in [4.69, 9.17) is 14.7 Å². The van der Waals surface area contributed by atoms with Gasteiger partial charge in [0.15, 0.2) is 0 Å². The highest BCUT2D eigenvalue weighted by molar-refractivity contribution is 5.60. The molecule has 0 atom stereocenters. The number of ether oxygens (including phenoxy) is 2. The largest absolute Gasteiger partial charge is 0.497 e. The molecule has 0 unspecified atom stereocenters. The van der Waals surface area contributed by atoms with Crippen LogP contribution in [-0.4, -0.2) is 26.9 Å². The maximum atomic E-state index is 9.03. The molecule has 0 bridgehead atoms. The number of hydrogen-bond acceptors (Lipinski definition) is 4. The first kappa shape index (κ1) is 15.3. The van der Waals surface area contributed by atoms with Crippen LogP contribution in [0.4, 0.5) is 5.69 Å². The number of rotatable bonds is 9. The quantitative estimate of drug-likeness (QED) is 0.694. The van der Waals surface area contributed by atoms with E-state index in [1.54, 1.807) is 19.2 Å². The van der Waals surface area contributed by atoms with E-state index >= 15 is 0 Å². The standard InChI is InChI=1S/C15H22N2O2/c1-3-4-9-19-10-5-8-17-15-11-14(18-2)7-6-13(15)12-16/h6-7,11,17H,3-5,8-10H2,1-2H3. The van der Waals surface area contributed by atoms with Gasteiger partial charge in [0.2, 0.25) is 0 Å². The fourth-order valence-corrected chi connectivity index (χ4v) is 1.64. The maximum absolute atomic E-state index is 9.03. The average molecular weight is 262 g/mol. The maximum Gasteiger partial charge on any atom is 0.121 e. The number of anilines is 1. The predicted molar refractivity (Wildman–Crippen MR) is 76.5 cm³/mol. The molecule has 1 aromatic carbocycles. The van der Waals surface area contributed by atoms with Crippen molar-refractivity contribution >= 4 is 5.69 Å². The monoisotopic (exact) mass is 262 g/mol. The molecular formula is C15H22N2O2. The van der Waals surface area contributed by atoms with Gasteiger partial charge in [-0.2, -0.15) is 5.26 Å². The van der Waals surface area contributed by atoms with Crippen molar-refractivity contribution in [2.75, 3.05) is 32.2 Å². The molecule has 0 saturated carbocycles. The van der Waals surface area contributed by atoms with Crippen LogP contribution in [0.2, 0.25) is 0 Å². The van der Waals surface area contributed by atoms with Crippen LogP contribution in [0.5, 0.6) is 5.75 Å². The molecule has 104 valence electrons. The summed E-state index contributed by atoms with van der Waals surface area (Å²) in [5.74, 6) is 0.751. The SMILES string of the molecule is CCCCOCCCNc1cc(OC)ccc1C#N. The molecule has 0 spiro atoms. The van der Waals surface area contributed by atoms with Crippen molar-refractivity contribution in [3.63, 3.8) is 0 Å². The van der Waals surface area contributed by atoms with Gasteiger partial charge in [0.1, 0.15) is 11.8 Å². The van der Waals surface area contributed by atoms with Crippen molar-refractivity contribution in [2.45, 2.75) is 26.2 Å². The van der Waals surface area contributed by atoms with Gasteiger partial charge in [-0.05, 0) is 25.0 Å². The molecule has 0 fully saturated rings. The first-order chi connectivity index (χ1) is 9.31. The molecule has 0 saturated heterocycles. The Balaban J connectivity index is 2.34. The Kier molecular flexibility index (Phi) is 7.45. The van der Waals surface area contributed by atoms with Crippen LogP contribution in [0.15, 0.2) is 18.2 Å². The van der Waals surface area contributed by atoms with Gasteiger partial charge >= 0.3 is 0 Å². The number of hydrogen-bond donors (Lipinski definition) is 1. The highest BCUT2D eigenvalue weighted by Gasteiger charge is 2.03. The summed E-state index contributed by atoms with van der Waals surface area (Å²) >= 11 is 0. The first-order valence-corrected chi connectivity index (χ1v) is 6.71. The summed E-state index contributed by atoms with van der Waals surface area (Å²) in [5.41, 5.74) is 1.45. The fourth-order valence-electron chi connectivity index (χ4n) is 1.64. The molecule has 0 aliphatic heterocycles. The van der Waals surface area contributed by atoms with Crippen LogP contribution in [0.1, 0.15) is 31.7 Å². The lowest BCUT2D eigenvalue weighted by Gasteiger charge is -2.10. The number of unbranched alkanes of at least 4 members (excludes halogenated alkanes) is 1. The number of methoxy groups -OCH3 is 1. The molecule has 0 radical (unpaired) electrons. The molecule has 0 aliphatic carbocycles. The van der Waals surface area contributed by atoms with Gasteiger partial charge in [-0.1, -0.05) is 13.3 Å². The molecule has 0 aliphatic rings. The number of nitrogens with one attached hydrogen (secondary N) is 1. The minimum atomic E-state index is 0.632. The van der Waals surface area contributed by atoms with Crippen molar-refractivity contribution in [1.29, 1.82) is 5.26 Å². The summed E-state index contributed by atoms with van der Waals surface area (Å²) in [5, 5.41) is 12.3. The van der Waals surface area contributed by atoms with E-state index in [0.717, 1.165) is 50.5 Å². The van der Waals surface area contributed by atoms with Gasteiger partial charge in [-0.25, -0.2) is 0 Å². The van der Waals surface area contributed by atoms with Crippen LogP contribution in [0, 0.1) is 11.3 Å². The summed E-state index contributed by atoms with van der Waals surface area (Å²) in [6.07, 6.45) is 3.20. The number of benzene rings is 1. The second-order valence-corrected chi connectivity index (χ2v) is 4.27. The molecule has 1 N–H and O–H groups in total. The van der Waals surface area contributed by atoms with Crippen molar-refractivity contribution in [3.05, 3.63) is 23.8 Å². The molecule has 1 aromatic rings. The minimum absolute atomic E-state index is 0.632. The Bertz CT molecular complexity index is 413. The summed E-state index contributed by atoms with van der Waals surface area (Å²) in [6.45, 7) is 4.52. The van der Waals surface area contributed by atoms with E-state index in [1.807, 2.05) is 6.07 Å². The summed E-state index contributed by atoms with van der Waals surface area (Å²) in [6, 6.07) is 7.56. The predicted octanol–water partition coefficient (Wildman–Crippen LogP) is 3.19. The normalized spacial score (nSPS) is 9.95. The Hall–Kier alpha value is -1.73. The Morgan fingerprint density at radius 2 is 2.05 bits per heavy atom. The van der Waals surface area contributed by atoms with Gasteiger partial charge in [-0.3, -0.25) is 0 Å². The third-order valence-electron chi connectivity index (χ3n) is 2.77. The Labute approximate surface area is 115 Å². The highest BCUT2D eigenvalue weighted by Crippen LogP contribution is 2.21. The lowest BCUT2D eigenvalue weighted by molar-refractivity contribution is 0.131. The van der Waals surface area contributed by atoms with E-state index in [0.29, 0.717) is 5.56 Å². The minimum Gasteiger partial charge on any atom is -0.497 e. The zero-order valence-corrected chi connectivity index (χ0v) is 11.7. The molecule has 19 heavy (non-hydrogen) atoms. The molecule has 0 aromatic heterocycles. The Morgan fingerprint density at radius 1 is 1.26 bits per heavy atom. The fraction of sp³-hybridized carbons (Fsp3) is 0.533. The molecule has 4 heteroatoms.